The average molecular weight is 276 g/mol. The van der Waals surface area contributed by atoms with Crippen molar-refractivity contribution in [2.75, 3.05) is 11.5 Å². The Hall–Kier alpha value is -1.27. The van der Waals surface area contributed by atoms with Crippen molar-refractivity contribution in [1.29, 1.82) is 0 Å². The van der Waals surface area contributed by atoms with E-state index in [-0.39, 0.29) is 5.75 Å². The summed E-state index contributed by atoms with van der Waals surface area (Å²) < 4.78 is 49.7. The van der Waals surface area contributed by atoms with Gasteiger partial charge in [0.05, 0.1) is 23.2 Å². The molecule has 0 spiro atoms. The van der Waals surface area contributed by atoms with Gasteiger partial charge in [0, 0.05) is 0 Å². The van der Waals surface area contributed by atoms with Crippen LogP contribution in [-0.4, -0.2) is 25.0 Å². The molecule has 1 aromatic carbocycles. The Morgan fingerprint density at radius 3 is 2.39 bits per heavy atom. The zero-order chi connectivity index (χ0) is 13.8. The predicted molar refractivity (Wildman–Crippen MR) is 64.8 cm³/mol. The largest absolute Gasteiger partial charge is 0.387 e. The second kappa shape index (κ2) is 6.06. The highest BCUT2D eigenvalue weighted by Crippen LogP contribution is 2.22. The maximum absolute atomic E-state index is 13.3. The molecular weight excluding hydrogens is 262 g/mol. The van der Waals surface area contributed by atoms with Crippen LogP contribution in [0.4, 0.5) is 8.78 Å². The third-order valence-electron chi connectivity index (χ3n) is 2.33. The zero-order valence-corrected chi connectivity index (χ0v) is 10.6. The van der Waals surface area contributed by atoms with E-state index >= 15 is 0 Å². The van der Waals surface area contributed by atoms with Crippen LogP contribution in [0.1, 0.15) is 18.6 Å². The van der Waals surface area contributed by atoms with E-state index in [1.807, 2.05) is 0 Å². The fourth-order valence-electron chi connectivity index (χ4n) is 1.46. The molecule has 0 aliphatic heterocycles. The number of rotatable bonds is 5. The molecule has 0 amide bonds. The van der Waals surface area contributed by atoms with Crippen LogP contribution in [0.25, 0.3) is 0 Å². The van der Waals surface area contributed by atoms with E-state index in [1.54, 1.807) is 13.0 Å². The lowest BCUT2D eigenvalue weighted by atomic mass is 10.1. The predicted octanol–water partition coefficient (Wildman–Crippen LogP) is 1.99. The van der Waals surface area contributed by atoms with Crippen molar-refractivity contribution >= 4 is 9.84 Å². The monoisotopic (exact) mass is 276 g/mol. The second-order valence-corrected chi connectivity index (χ2v) is 5.95. The SMILES string of the molecule is CC=CCS(=O)(=O)CC(O)c1c(F)cccc1F. The molecule has 0 radical (unpaired) electrons. The fourth-order valence-corrected chi connectivity index (χ4v) is 2.73. The first-order valence-corrected chi connectivity index (χ1v) is 7.13. The molecule has 1 aromatic rings. The van der Waals surface area contributed by atoms with Gasteiger partial charge in [-0.2, -0.15) is 0 Å². The molecule has 0 heterocycles. The van der Waals surface area contributed by atoms with Crippen LogP contribution in [0.2, 0.25) is 0 Å². The molecule has 1 atom stereocenters. The topological polar surface area (TPSA) is 54.4 Å². The number of hydrogen-bond donors (Lipinski definition) is 1. The van der Waals surface area contributed by atoms with Crippen LogP contribution in [0.3, 0.4) is 0 Å². The molecule has 0 saturated heterocycles. The van der Waals surface area contributed by atoms with Crippen molar-refractivity contribution in [1.82, 2.24) is 0 Å². The first-order valence-electron chi connectivity index (χ1n) is 5.31. The van der Waals surface area contributed by atoms with E-state index in [1.165, 1.54) is 6.08 Å². The summed E-state index contributed by atoms with van der Waals surface area (Å²) in [5, 5.41) is 9.63. The smallest absolute Gasteiger partial charge is 0.156 e. The average Bonchev–Trinajstić information content (AvgIpc) is 2.25. The lowest BCUT2D eigenvalue weighted by Gasteiger charge is -2.12. The molecule has 0 aliphatic rings. The first-order chi connectivity index (χ1) is 8.37. The highest BCUT2D eigenvalue weighted by molar-refractivity contribution is 7.91. The molecule has 0 saturated carbocycles. The van der Waals surface area contributed by atoms with Crippen molar-refractivity contribution in [3.63, 3.8) is 0 Å². The molecule has 100 valence electrons. The Balaban J connectivity index is 2.92. The molecule has 18 heavy (non-hydrogen) atoms. The second-order valence-electron chi connectivity index (χ2n) is 3.80. The summed E-state index contributed by atoms with van der Waals surface area (Å²) in [5.41, 5.74) is -0.610. The molecule has 0 bridgehead atoms. The molecule has 3 nitrogen and oxygen atoms in total. The Morgan fingerprint density at radius 2 is 1.89 bits per heavy atom. The van der Waals surface area contributed by atoms with Gasteiger partial charge in [-0.1, -0.05) is 18.2 Å². The minimum absolute atomic E-state index is 0.267. The van der Waals surface area contributed by atoms with E-state index in [0.29, 0.717) is 0 Å². The van der Waals surface area contributed by atoms with Crippen molar-refractivity contribution < 1.29 is 22.3 Å². The van der Waals surface area contributed by atoms with Gasteiger partial charge in [0.15, 0.2) is 9.84 Å². The molecule has 0 aliphatic carbocycles. The van der Waals surface area contributed by atoms with Crippen molar-refractivity contribution in [3.8, 4) is 0 Å². The van der Waals surface area contributed by atoms with Gasteiger partial charge >= 0.3 is 0 Å². The van der Waals surface area contributed by atoms with Gasteiger partial charge in [0.2, 0.25) is 0 Å². The highest BCUT2D eigenvalue weighted by atomic mass is 32.2. The third kappa shape index (κ3) is 3.89. The summed E-state index contributed by atoms with van der Waals surface area (Å²) in [6, 6.07) is 3.09. The number of allylic oxidation sites excluding steroid dienone is 1. The lowest BCUT2D eigenvalue weighted by Crippen LogP contribution is -2.18. The van der Waals surface area contributed by atoms with Gasteiger partial charge in [0.25, 0.3) is 0 Å². The van der Waals surface area contributed by atoms with Gasteiger partial charge in [-0.05, 0) is 19.1 Å². The van der Waals surface area contributed by atoms with Gasteiger partial charge in [-0.25, -0.2) is 17.2 Å². The summed E-state index contributed by atoms with van der Waals surface area (Å²) in [4.78, 5) is 0. The number of aliphatic hydroxyl groups is 1. The van der Waals surface area contributed by atoms with Crippen LogP contribution in [0.15, 0.2) is 30.4 Å². The molecular formula is C12H14F2O3S. The zero-order valence-electron chi connectivity index (χ0n) is 9.81. The van der Waals surface area contributed by atoms with Crippen molar-refractivity contribution in [3.05, 3.63) is 47.5 Å². The Kier molecular flexibility index (Phi) is 4.98. The summed E-state index contributed by atoms with van der Waals surface area (Å²) >= 11 is 0. The van der Waals surface area contributed by atoms with E-state index in [2.05, 4.69) is 0 Å². The minimum Gasteiger partial charge on any atom is -0.387 e. The summed E-state index contributed by atoms with van der Waals surface area (Å²) in [5.74, 6) is -2.89. The Morgan fingerprint density at radius 1 is 1.33 bits per heavy atom. The van der Waals surface area contributed by atoms with Crippen molar-refractivity contribution in [2.24, 2.45) is 0 Å². The standard InChI is InChI=1S/C12H14F2O3S/c1-2-3-7-18(16,17)8-11(15)12-9(13)5-4-6-10(12)14/h2-6,11,15H,7-8H2,1H3. The van der Waals surface area contributed by atoms with Crippen LogP contribution in [0.5, 0.6) is 0 Å². The Bertz CT molecular complexity index is 518. The molecule has 0 fully saturated rings. The maximum Gasteiger partial charge on any atom is 0.156 e. The van der Waals surface area contributed by atoms with Gasteiger partial charge in [0.1, 0.15) is 11.6 Å². The molecule has 6 heteroatoms. The number of benzene rings is 1. The quantitative estimate of drug-likeness (QED) is 0.837. The minimum atomic E-state index is -3.59. The highest BCUT2D eigenvalue weighted by Gasteiger charge is 2.23. The van der Waals surface area contributed by atoms with Crippen LogP contribution < -0.4 is 0 Å². The number of hydrogen-bond acceptors (Lipinski definition) is 3. The van der Waals surface area contributed by atoms with E-state index < -0.39 is 38.9 Å². The maximum atomic E-state index is 13.3. The molecule has 1 rings (SSSR count). The summed E-state index contributed by atoms with van der Waals surface area (Å²) in [6.45, 7) is 1.66. The number of sulfone groups is 1. The van der Waals surface area contributed by atoms with Gasteiger partial charge < -0.3 is 5.11 Å². The first kappa shape index (κ1) is 14.8. The molecule has 0 aromatic heterocycles. The number of aliphatic hydroxyl groups excluding tert-OH is 1. The Labute approximate surface area is 105 Å². The van der Waals surface area contributed by atoms with Gasteiger partial charge in [-0.15, -0.1) is 0 Å². The summed E-state index contributed by atoms with van der Waals surface area (Å²) in [6.07, 6.45) is 1.24. The van der Waals surface area contributed by atoms with E-state index in [4.69, 9.17) is 0 Å². The fraction of sp³-hybridized carbons (Fsp3) is 0.333. The third-order valence-corrected chi connectivity index (χ3v) is 3.85. The van der Waals surface area contributed by atoms with Crippen LogP contribution >= 0.6 is 0 Å². The van der Waals surface area contributed by atoms with Crippen LogP contribution in [-0.2, 0) is 9.84 Å². The van der Waals surface area contributed by atoms with E-state index in [0.717, 1.165) is 18.2 Å². The summed E-state index contributed by atoms with van der Waals surface area (Å²) in [7, 11) is -3.59. The van der Waals surface area contributed by atoms with Crippen molar-refractivity contribution in [2.45, 2.75) is 13.0 Å². The van der Waals surface area contributed by atoms with E-state index in [9.17, 15) is 22.3 Å². The molecule has 1 unspecified atom stereocenters. The van der Waals surface area contributed by atoms with Crippen LogP contribution in [0, 0.1) is 11.6 Å². The molecule has 1 N–H and O–H groups in total. The van der Waals surface area contributed by atoms with Gasteiger partial charge in [-0.3, -0.25) is 0 Å². The number of halogens is 2. The normalized spacial score (nSPS) is 14.0. The lowest BCUT2D eigenvalue weighted by molar-refractivity contribution is 0.191.